The van der Waals surface area contributed by atoms with Crippen molar-refractivity contribution in [3.8, 4) is 0 Å². The van der Waals surface area contributed by atoms with Crippen LogP contribution in [0, 0.1) is 11.3 Å². The highest BCUT2D eigenvalue weighted by atomic mass is 14.9. The maximum atomic E-state index is 3.83. The van der Waals surface area contributed by atoms with Gasteiger partial charge in [-0.2, -0.15) is 0 Å². The van der Waals surface area contributed by atoms with E-state index < -0.39 is 0 Å². The molecule has 0 amide bonds. The average molecular weight is 223 g/mol. The third-order valence-electron chi connectivity index (χ3n) is 4.64. The largest absolute Gasteiger partial charge is 0.314 e. The van der Waals surface area contributed by atoms with Gasteiger partial charge in [-0.3, -0.25) is 0 Å². The van der Waals surface area contributed by atoms with E-state index in [1.54, 1.807) is 0 Å². The second kappa shape index (κ2) is 5.53. The van der Waals surface area contributed by atoms with Gasteiger partial charge in [0, 0.05) is 6.04 Å². The minimum Gasteiger partial charge on any atom is -0.314 e. The molecular weight excluding hydrogens is 194 g/mol. The average Bonchev–Trinajstić information content (AvgIpc) is 2.47. The fraction of sp³-hybridized carbons (Fsp3) is 1.00. The van der Waals surface area contributed by atoms with Crippen molar-refractivity contribution >= 4 is 0 Å². The fourth-order valence-electron chi connectivity index (χ4n) is 3.51. The lowest BCUT2D eigenvalue weighted by Crippen LogP contribution is -2.32. The first-order chi connectivity index (χ1) is 7.66. The van der Waals surface area contributed by atoms with Crippen LogP contribution in [0.4, 0.5) is 0 Å². The Morgan fingerprint density at radius 3 is 2.25 bits per heavy atom. The lowest BCUT2D eigenvalue weighted by Gasteiger charge is -2.21. The van der Waals surface area contributed by atoms with Crippen LogP contribution in [0.5, 0.6) is 0 Å². The first-order valence-electron chi connectivity index (χ1n) is 7.39. The van der Waals surface area contributed by atoms with E-state index in [-0.39, 0.29) is 0 Å². The molecule has 2 fully saturated rings. The molecular formula is C15H29N. The Morgan fingerprint density at radius 1 is 1.00 bits per heavy atom. The van der Waals surface area contributed by atoms with E-state index in [9.17, 15) is 0 Å². The first kappa shape index (κ1) is 12.4. The molecule has 1 N–H and O–H groups in total. The Balaban J connectivity index is 1.67. The highest BCUT2D eigenvalue weighted by Crippen LogP contribution is 2.37. The molecule has 2 saturated carbocycles. The Labute approximate surface area is 101 Å². The van der Waals surface area contributed by atoms with E-state index in [2.05, 4.69) is 19.2 Å². The van der Waals surface area contributed by atoms with Crippen LogP contribution >= 0.6 is 0 Å². The highest BCUT2D eigenvalue weighted by Gasteiger charge is 2.30. The van der Waals surface area contributed by atoms with E-state index in [0.29, 0.717) is 5.41 Å². The molecule has 1 atom stereocenters. The third kappa shape index (κ3) is 3.76. The molecule has 1 heteroatoms. The van der Waals surface area contributed by atoms with E-state index >= 15 is 0 Å². The molecule has 94 valence electrons. The monoisotopic (exact) mass is 223 g/mol. The van der Waals surface area contributed by atoms with Crippen LogP contribution in [-0.2, 0) is 0 Å². The predicted octanol–water partition coefficient (Wildman–Crippen LogP) is 4.13. The second-order valence-electron chi connectivity index (χ2n) is 6.87. The number of nitrogens with one attached hydrogen (secondary N) is 1. The molecule has 0 radical (unpaired) electrons. The molecule has 0 saturated heterocycles. The summed E-state index contributed by atoms with van der Waals surface area (Å²) >= 11 is 0. The van der Waals surface area contributed by atoms with E-state index in [0.717, 1.165) is 12.0 Å². The zero-order valence-corrected chi connectivity index (χ0v) is 11.2. The van der Waals surface area contributed by atoms with Gasteiger partial charge in [0.05, 0.1) is 0 Å². The van der Waals surface area contributed by atoms with Crippen molar-refractivity contribution in [1.82, 2.24) is 5.32 Å². The molecule has 0 bridgehead atoms. The van der Waals surface area contributed by atoms with Crippen LogP contribution in [0.2, 0.25) is 0 Å². The number of hydrogen-bond acceptors (Lipinski definition) is 1. The second-order valence-corrected chi connectivity index (χ2v) is 6.87. The maximum Gasteiger partial charge on any atom is 0.00724 e. The van der Waals surface area contributed by atoms with Gasteiger partial charge in [-0.25, -0.2) is 0 Å². The van der Waals surface area contributed by atoms with Gasteiger partial charge in [-0.05, 0) is 50.0 Å². The summed E-state index contributed by atoms with van der Waals surface area (Å²) < 4.78 is 0. The summed E-state index contributed by atoms with van der Waals surface area (Å²) in [6.07, 6.45) is 13.1. The van der Waals surface area contributed by atoms with Gasteiger partial charge in [0.25, 0.3) is 0 Å². The smallest absolute Gasteiger partial charge is 0.00724 e. The Bertz CT molecular complexity index is 197. The Morgan fingerprint density at radius 2 is 1.69 bits per heavy atom. The van der Waals surface area contributed by atoms with Crippen LogP contribution in [0.25, 0.3) is 0 Å². The molecule has 0 aromatic heterocycles. The third-order valence-corrected chi connectivity index (χ3v) is 4.64. The first-order valence-corrected chi connectivity index (χ1v) is 7.39. The molecule has 1 unspecified atom stereocenters. The van der Waals surface area contributed by atoms with Gasteiger partial charge in [0.1, 0.15) is 0 Å². The number of hydrogen-bond donors (Lipinski definition) is 1. The summed E-state index contributed by atoms with van der Waals surface area (Å²) in [4.78, 5) is 0. The summed E-state index contributed by atoms with van der Waals surface area (Å²) in [5.41, 5.74) is 0.598. The SMILES string of the molecule is CC1(C)CCC(NCC2CCCCCC2)C1. The zero-order chi connectivity index (χ0) is 11.4. The molecule has 0 aliphatic heterocycles. The molecule has 0 spiro atoms. The van der Waals surface area contributed by atoms with Crippen molar-refractivity contribution in [2.24, 2.45) is 11.3 Å². The minimum absolute atomic E-state index is 0.598. The van der Waals surface area contributed by atoms with E-state index in [4.69, 9.17) is 0 Å². The number of rotatable bonds is 3. The van der Waals surface area contributed by atoms with E-state index in [1.165, 1.54) is 64.3 Å². The molecule has 1 nitrogen and oxygen atoms in total. The van der Waals surface area contributed by atoms with Crippen LogP contribution in [0.3, 0.4) is 0 Å². The Kier molecular flexibility index (Phi) is 4.29. The van der Waals surface area contributed by atoms with Crippen molar-refractivity contribution in [2.45, 2.75) is 77.7 Å². The summed E-state index contributed by atoms with van der Waals surface area (Å²) in [5.74, 6) is 0.978. The molecule has 0 heterocycles. The van der Waals surface area contributed by atoms with Crippen LogP contribution < -0.4 is 5.32 Å². The molecule has 2 rings (SSSR count). The van der Waals surface area contributed by atoms with Gasteiger partial charge in [-0.1, -0.05) is 39.5 Å². The van der Waals surface area contributed by atoms with Crippen molar-refractivity contribution in [3.63, 3.8) is 0 Å². The normalized spacial score (nSPS) is 31.5. The minimum atomic E-state index is 0.598. The molecule has 2 aliphatic rings. The zero-order valence-electron chi connectivity index (χ0n) is 11.2. The van der Waals surface area contributed by atoms with Crippen molar-refractivity contribution in [1.29, 1.82) is 0 Å². The van der Waals surface area contributed by atoms with Crippen molar-refractivity contribution in [2.75, 3.05) is 6.54 Å². The van der Waals surface area contributed by atoms with Crippen LogP contribution in [0.15, 0.2) is 0 Å². The van der Waals surface area contributed by atoms with Crippen LogP contribution in [0.1, 0.15) is 71.6 Å². The van der Waals surface area contributed by atoms with Gasteiger partial charge < -0.3 is 5.32 Å². The maximum absolute atomic E-state index is 3.83. The van der Waals surface area contributed by atoms with Crippen molar-refractivity contribution in [3.05, 3.63) is 0 Å². The molecule has 0 aromatic rings. The van der Waals surface area contributed by atoms with Gasteiger partial charge in [-0.15, -0.1) is 0 Å². The molecule has 16 heavy (non-hydrogen) atoms. The summed E-state index contributed by atoms with van der Waals surface area (Å²) in [7, 11) is 0. The highest BCUT2D eigenvalue weighted by molar-refractivity contribution is 4.86. The quantitative estimate of drug-likeness (QED) is 0.710. The predicted molar refractivity (Wildman–Crippen MR) is 70.6 cm³/mol. The van der Waals surface area contributed by atoms with Gasteiger partial charge in [0.15, 0.2) is 0 Å². The van der Waals surface area contributed by atoms with Crippen molar-refractivity contribution < 1.29 is 0 Å². The molecule has 2 aliphatic carbocycles. The summed E-state index contributed by atoms with van der Waals surface area (Å²) in [6.45, 7) is 6.13. The van der Waals surface area contributed by atoms with Gasteiger partial charge >= 0.3 is 0 Å². The summed E-state index contributed by atoms with van der Waals surface area (Å²) in [5, 5.41) is 3.83. The Hall–Kier alpha value is -0.0400. The topological polar surface area (TPSA) is 12.0 Å². The van der Waals surface area contributed by atoms with E-state index in [1.807, 2.05) is 0 Å². The lowest BCUT2D eigenvalue weighted by molar-refractivity contribution is 0.347. The lowest BCUT2D eigenvalue weighted by atomic mass is 9.91. The molecule has 0 aromatic carbocycles. The van der Waals surface area contributed by atoms with Crippen LogP contribution in [-0.4, -0.2) is 12.6 Å². The van der Waals surface area contributed by atoms with Gasteiger partial charge in [0.2, 0.25) is 0 Å². The summed E-state index contributed by atoms with van der Waals surface area (Å²) in [6, 6.07) is 0.818. The fourth-order valence-corrected chi connectivity index (χ4v) is 3.51. The standard InChI is InChI=1S/C15H29N/c1-15(2)10-9-14(11-15)16-12-13-7-5-3-4-6-8-13/h13-14,16H,3-12H2,1-2H3.